The molecule has 3 rings (SSSR count). The van der Waals surface area contributed by atoms with Crippen LogP contribution in [0.25, 0.3) is 23.4 Å². The van der Waals surface area contributed by atoms with Crippen LogP contribution in [0.15, 0.2) is 53.1 Å². The van der Waals surface area contributed by atoms with Crippen molar-refractivity contribution in [1.82, 2.24) is 4.98 Å². The van der Waals surface area contributed by atoms with Crippen molar-refractivity contribution in [3.05, 3.63) is 70.2 Å². The summed E-state index contributed by atoms with van der Waals surface area (Å²) in [5.74, 6) is 1.32. The zero-order chi connectivity index (χ0) is 16.2. The lowest BCUT2D eigenvalue weighted by molar-refractivity contribution is 0.415. The average molecular weight is 346 g/mol. The van der Waals surface area contributed by atoms with Crippen LogP contribution in [0.4, 0.5) is 0 Å². The molecule has 0 aliphatic carbocycles. The monoisotopic (exact) mass is 345 g/mol. The van der Waals surface area contributed by atoms with Gasteiger partial charge >= 0.3 is 0 Å². The molecule has 0 saturated carbocycles. The van der Waals surface area contributed by atoms with Gasteiger partial charge in [0.2, 0.25) is 5.89 Å². The van der Waals surface area contributed by atoms with Crippen LogP contribution in [0, 0.1) is 0 Å². The molecule has 0 bridgehead atoms. The van der Waals surface area contributed by atoms with E-state index >= 15 is 0 Å². The Bertz CT molecular complexity index is 838. The van der Waals surface area contributed by atoms with Crippen LogP contribution in [-0.4, -0.2) is 12.1 Å². The lowest BCUT2D eigenvalue weighted by Gasteiger charge is -1.99. The molecule has 0 N–H and O–H groups in total. The SMILES string of the molecule is COc1ccc(/C=C/c2nc(-c3ccc(Cl)cc3Cl)co2)cc1. The van der Waals surface area contributed by atoms with Gasteiger partial charge in [-0.25, -0.2) is 4.98 Å². The minimum Gasteiger partial charge on any atom is -0.497 e. The molecule has 0 fully saturated rings. The van der Waals surface area contributed by atoms with Gasteiger partial charge in [-0.1, -0.05) is 35.3 Å². The van der Waals surface area contributed by atoms with E-state index < -0.39 is 0 Å². The van der Waals surface area contributed by atoms with Crippen molar-refractivity contribution in [3.63, 3.8) is 0 Å². The van der Waals surface area contributed by atoms with Gasteiger partial charge in [0.05, 0.1) is 12.1 Å². The summed E-state index contributed by atoms with van der Waals surface area (Å²) in [6, 6.07) is 13.0. The van der Waals surface area contributed by atoms with Gasteiger partial charge in [-0.3, -0.25) is 0 Å². The number of methoxy groups -OCH3 is 1. The summed E-state index contributed by atoms with van der Waals surface area (Å²) < 4.78 is 10.6. The third-order valence-electron chi connectivity index (χ3n) is 3.26. The minimum absolute atomic E-state index is 0.502. The Morgan fingerprint density at radius 2 is 1.83 bits per heavy atom. The van der Waals surface area contributed by atoms with Gasteiger partial charge in [0, 0.05) is 16.7 Å². The number of ether oxygens (including phenoxy) is 1. The Hall–Kier alpha value is -2.23. The number of hydrogen-bond donors (Lipinski definition) is 0. The van der Waals surface area contributed by atoms with Gasteiger partial charge in [0.25, 0.3) is 0 Å². The Balaban J connectivity index is 1.79. The van der Waals surface area contributed by atoms with Gasteiger partial charge in [-0.05, 0) is 42.0 Å². The fourth-order valence-electron chi connectivity index (χ4n) is 2.07. The van der Waals surface area contributed by atoms with Crippen LogP contribution in [0.3, 0.4) is 0 Å². The minimum atomic E-state index is 0.502. The fraction of sp³-hybridized carbons (Fsp3) is 0.0556. The van der Waals surface area contributed by atoms with Crippen LogP contribution >= 0.6 is 23.2 Å². The van der Waals surface area contributed by atoms with Gasteiger partial charge < -0.3 is 9.15 Å². The number of benzene rings is 2. The second-order valence-corrected chi connectivity index (χ2v) is 5.65. The normalized spacial score (nSPS) is 11.1. The number of oxazole rings is 1. The summed E-state index contributed by atoms with van der Waals surface area (Å²) in [5.41, 5.74) is 2.47. The van der Waals surface area contributed by atoms with Crippen LogP contribution in [0.2, 0.25) is 10.0 Å². The summed E-state index contributed by atoms with van der Waals surface area (Å²) in [6.07, 6.45) is 5.29. The quantitative estimate of drug-likeness (QED) is 0.596. The Labute approximate surface area is 144 Å². The maximum atomic E-state index is 6.18. The predicted molar refractivity (Wildman–Crippen MR) is 93.9 cm³/mol. The molecule has 2 aromatic carbocycles. The zero-order valence-corrected chi connectivity index (χ0v) is 13.8. The summed E-state index contributed by atoms with van der Waals surface area (Å²) >= 11 is 12.1. The van der Waals surface area contributed by atoms with E-state index in [9.17, 15) is 0 Å². The standard InChI is InChI=1S/C18H13Cl2NO2/c1-22-14-6-2-12(3-7-14)4-9-18-21-17(11-23-18)15-8-5-13(19)10-16(15)20/h2-11H,1H3/b9-4+. The van der Waals surface area contributed by atoms with Crippen LogP contribution in [-0.2, 0) is 0 Å². The highest BCUT2D eigenvalue weighted by Crippen LogP contribution is 2.30. The second-order valence-electron chi connectivity index (χ2n) is 4.80. The molecule has 0 aliphatic rings. The highest BCUT2D eigenvalue weighted by Gasteiger charge is 2.08. The molecule has 1 aromatic heterocycles. The first kappa shape index (κ1) is 15.7. The Morgan fingerprint density at radius 1 is 1.04 bits per heavy atom. The number of aromatic nitrogens is 1. The molecule has 3 aromatic rings. The molecular formula is C18H13Cl2NO2. The zero-order valence-electron chi connectivity index (χ0n) is 12.3. The van der Waals surface area contributed by atoms with Crippen molar-refractivity contribution in [3.8, 4) is 17.0 Å². The van der Waals surface area contributed by atoms with E-state index in [0.717, 1.165) is 16.9 Å². The molecule has 116 valence electrons. The van der Waals surface area contributed by atoms with Crippen LogP contribution in [0.1, 0.15) is 11.5 Å². The van der Waals surface area contributed by atoms with Crippen molar-refractivity contribution in [2.45, 2.75) is 0 Å². The number of hydrogen-bond acceptors (Lipinski definition) is 3. The third kappa shape index (κ3) is 3.76. The van der Waals surface area contributed by atoms with E-state index in [1.807, 2.05) is 36.4 Å². The third-order valence-corrected chi connectivity index (χ3v) is 3.81. The molecule has 0 amide bonds. The molecule has 0 radical (unpaired) electrons. The molecular weight excluding hydrogens is 333 g/mol. The molecule has 3 nitrogen and oxygen atoms in total. The van der Waals surface area contributed by atoms with Crippen molar-refractivity contribution in [2.24, 2.45) is 0 Å². The highest BCUT2D eigenvalue weighted by molar-refractivity contribution is 6.36. The molecule has 1 heterocycles. The molecule has 0 unspecified atom stereocenters. The molecule has 5 heteroatoms. The van der Waals surface area contributed by atoms with Crippen LogP contribution < -0.4 is 4.74 Å². The van der Waals surface area contributed by atoms with Gasteiger partial charge in [-0.15, -0.1) is 0 Å². The fourth-order valence-corrected chi connectivity index (χ4v) is 2.57. The van der Waals surface area contributed by atoms with E-state index in [1.54, 1.807) is 31.6 Å². The van der Waals surface area contributed by atoms with E-state index in [1.165, 1.54) is 0 Å². The van der Waals surface area contributed by atoms with Crippen molar-refractivity contribution < 1.29 is 9.15 Å². The second kappa shape index (κ2) is 6.90. The first-order valence-corrected chi connectivity index (χ1v) is 7.64. The summed E-state index contributed by atoms with van der Waals surface area (Å²) in [4.78, 5) is 4.41. The van der Waals surface area contributed by atoms with Gasteiger partial charge in [0.15, 0.2) is 0 Å². The smallest absolute Gasteiger partial charge is 0.219 e. The van der Waals surface area contributed by atoms with Crippen molar-refractivity contribution in [1.29, 1.82) is 0 Å². The van der Waals surface area contributed by atoms with Crippen molar-refractivity contribution in [2.75, 3.05) is 7.11 Å². The number of halogens is 2. The maximum Gasteiger partial charge on any atom is 0.219 e. The van der Waals surface area contributed by atoms with E-state index in [0.29, 0.717) is 21.6 Å². The Kier molecular flexibility index (Phi) is 4.70. The first-order chi connectivity index (χ1) is 11.2. The molecule has 0 saturated heterocycles. The summed E-state index contributed by atoms with van der Waals surface area (Å²) in [6.45, 7) is 0. The number of nitrogens with zero attached hydrogens (tertiary/aromatic N) is 1. The first-order valence-electron chi connectivity index (χ1n) is 6.89. The summed E-state index contributed by atoms with van der Waals surface area (Å²) in [7, 11) is 1.64. The maximum absolute atomic E-state index is 6.18. The highest BCUT2D eigenvalue weighted by atomic mass is 35.5. The Morgan fingerprint density at radius 3 is 2.52 bits per heavy atom. The molecule has 0 aliphatic heterocycles. The predicted octanol–water partition coefficient (Wildman–Crippen LogP) is 5.83. The van der Waals surface area contributed by atoms with Gasteiger partial charge in [0.1, 0.15) is 17.7 Å². The lowest BCUT2D eigenvalue weighted by Crippen LogP contribution is -1.81. The topological polar surface area (TPSA) is 35.3 Å². The average Bonchev–Trinajstić information content (AvgIpc) is 3.02. The van der Waals surface area contributed by atoms with E-state index in [4.69, 9.17) is 32.4 Å². The van der Waals surface area contributed by atoms with Crippen LogP contribution in [0.5, 0.6) is 5.75 Å². The van der Waals surface area contributed by atoms with E-state index in [-0.39, 0.29) is 0 Å². The van der Waals surface area contributed by atoms with Gasteiger partial charge in [-0.2, -0.15) is 0 Å². The molecule has 0 spiro atoms. The summed E-state index contributed by atoms with van der Waals surface area (Å²) in [5, 5.41) is 1.12. The lowest BCUT2D eigenvalue weighted by atomic mass is 10.2. The molecule has 0 atom stereocenters. The number of rotatable bonds is 4. The molecule has 23 heavy (non-hydrogen) atoms. The largest absolute Gasteiger partial charge is 0.497 e. The van der Waals surface area contributed by atoms with E-state index in [2.05, 4.69) is 4.98 Å². The van der Waals surface area contributed by atoms with Crippen molar-refractivity contribution >= 4 is 35.4 Å².